The maximum atomic E-state index is 14.6. The summed E-state index contributed by atoms with van der Waals surface area (Å²) in [7, 11) is 1.50. The van der Waals surface area contributed by atoms with Crippen molar-refractivity contribution in [3.63, 3.8) is 0 Å². The lowest BCUT2D eigenvalue weighted by Crippen LogP contribution is -2.68. The van der Waals surface area contributed by atoms with E-state index in [-0.39, 0.29) is 57.0 Å². The molecular weight excluding hydrogens is 540 g/mol. The third-order valence-electron chi connectivity index (χ3n) is 14.9. The van der Waals surface area contributed by atoms with E-state index >= 15 is 0 Å². The normalized spacial score (nSPS) is 47.2. The van der Waals surface area contributed by atoms with Gasteiger partial charge >= 0.3 is 12.0 Å². The number of esters is 1. The van der Waals surface area contributed by atoms with E-state index in [0.29, 0.717) is 38.0 Å². The number of ether oxygens (including phenoxy) is 2. The third-order valence-corrected chi connectivity index (χ3v) is 14.9. The molecule has 0 aromatic rings. The predicted molar refractivity (Wildman–Crippen MR) is 166 cm³/mol. The molecule has 0 unspecified atom stereocenters. The molecule has 1 saturated heterocycles. The average Bonchev–Trinajstić information content (AvgIpc) is 2.96. The van der Waals surface area contributed by atoms with Gasteiger partial charge in [-0.05, 0) is 110 Å². The van der Waals surface area contributed by atoms with Gasteiger partial charge in [-0.2, -0.15) is 0 Å². The maximum Gasteiger partial charge on any atom is 0.317 e. The van der Waals surface area contributed by atoms with E-state index in [2.05, 4.69) is 59.9 Å². The Kier molecular flexibility index (Phi) is 7.27. The summed E-state index contributed by atoms with van der Waals surface area (Å²) < 4.78 is 10.8. The molecule has 0 radical (unpaired) electrons. The number of allylic oxidation sites excluding steroid dienone is 2. The van der Waals surface area contributed by atoms with E-state index < -0.39 is 5.41 Å². The Morgan fingerprint density at radius 1 is 0.930 bits per heavy atom. The lowest BCUT2D eigenvalue weighted by molar-refractivity contribution is -0.189. The Morgan fingerprint density at radius 3 is 2.28 bits per heavy atom. The number of methoxy groups -OCH3 is 1. The van der Waals surface area contributed by atoms with Gasteiger partial charge in [0.2, 0.25) is 0 Å². The SMILES string of the molecule is COC(=O)[C@]1(C)CC[C@@]2(C)CC[C@@]3(C)C(=CC(=O)[C@@H]4[C@]5(C)CC[C@@H](NC(=O)N6CCOCC6)C(C)(C)[C@@H]5CC[C@]43C)[C@@H]2C1. The summed E-state index contributed by atoms with van der Waals surface area (Å²) in [4.78, 5) is 42.7. The smallest absolute Gasteiger partial charge is 0.317 e. The van der Waals surface area contributed by atoms with Gasteiger partial charge in [-0.15, -0.1) is 0 Å². The molecule has 0 bridgehead atoms. The van der Waals surface area contributed by atoms with E-state index in [0.717, 1.165) is 57.8 Å². The van der Waals surface area contributed by atoms with Crippen LogP contribution in [0.5, 0.6) is 0 Å². The summed E-state index contributed by atoms with van der Waals surface area (Å²) in [6.07, 6.45) is 10.9. The Balaban J connectivity index is 1.32. The fourth-order valence-corrected chi connectivity index (χ4v) is 11.9. The second-order valence-electron chi connectivity index (χ2n) is 17.2. The lowest BCUT2D eigenvalue weighted by atomic mass is 9.33. The topological polar surface area (TPSA) is 84.9 Å². The Hall–Kier alpha value is -1.89. The van der Waals surface area contributed by atoms with Gasteiger partial charge in [0.1, 0.15) is 0 Å². The number of nitrogens with zero attached hydrogens (tertiary/aromatic N) is 1. The van der Waals surface area contributed by atoms with Crippen LogP contribution in [0.1, 0.15) is 106 Å². The number of carbonyl (C=O) groups is 3. The van der Waals surface area contributed by atoms with Crippen LogP contribution in [0, 0.1) is 50.2 Å². The first-order chi connectivity index (χ1) is 20.1. The van der Waals surface area contributed by atoms with Crippen molar-refractivity contribution in [2.75, 3.05) is 33.4 Å². The van der Waals surface area contributed by atoms with Gasteiger partial charge in [0.15, 0.2) is 5.78 Å². The van der Waals surface area contributed by atoms with Crippen molar-refractivity contribution < 1.29 is 23.9 Å². The molecule has 4 saturated carbocycles. The van der Waals surface area contributed by atoms with Gasteiger partial charge in [0.05, 0.1) is 25.7 Å². The molecule has 0 aromatic carbocycles. The minimum atomic E-state index is -0.503. The predicted octanol–water partition coefficient (Wildman–Crippen LogP) is 6.55. The zero-order chi connectivity index (χ0) is 31.2. The van der Waals surface area contributed by atoms with E-state index in [1.165, 1.54) is 12.7 Å². The van der Waals surface area contributed by atoms with Gasteiger partial charge in [0, 0.05) is 25.0 Å². The first-order valence-corrected chi connectivity index (χ1v) is 17.0. The molecule has 7 nitrogen and oxygen atoms in total. The van der Waals surface area contributed by atoms with Crippen LogP contribution in [0.2, 0.25) is 0 Å². The van der Waals surface area contributed by atoms with E-state index in [9.17, 15) is 14.4 Å². The maximum absolute atomic E-state index is 14.6. The van der Waals surface area contributed by atoms with Crippen LogP contribution >= 0.6 is 0 Å². The highest BCUT2D eigenvalue weighted by Crippen LogP contribution is 2.75. The fourth-order valence-electron chi connectivity index (χ4n) is 11.9. The molecule has 7 heteroatoms. The van der Waals surface area contributed by atoms with Crippen LogP contribution in [0.25, 0.3) is 0 Å². The van der Waals surface area contributed by atoms with Crippen LogP contribution < -0.4 is 5.32 Å². The molecule has 1 heterocycles. The molecular formula is C36H56N2O5. The Labute approximate surface area is 259 Å². The van der Waals surface area contributed by atoms with Gasteiger partial charge < -0.3 is 19.7 Å². The largest absolute Gasteiger partial charge is 0.469 e. The van der Waals surface area contributed by atoms with Gasteiger partial charge in [-0.1, -0.05) is 47.1 Å². The van der Waals surface area contributed by atoms with Crippen LogP contribution in [0.15, 0.2) is 11.6 Å². The molecule has 0 spiro atoms. The number of fused-ring (bicyclic) bond motifs is 7. The summed E-state index contributed by atoms with van der Waals surface area (Å²) in [5.74, 6) is 0.724. The Morgan fingerprint density at radius 2 is 1.60 bits per heavy atom. The highest BCUT2D eigenvalue weighted by molar-refractivity contribution is 5.95. The summed E-state index contributed by atoms with van der Waals surface area (Å²) in [6, 6.07) is 0.107. The molecule has 240 valence electrons. The van der Waals surface area contributed by atoms with Crippen molar-refractivity contribution in [2.24, 2.45) is 50.2 Å². The first-order valence-electron chi connectivity index (χ1n) is 17.0. The zero-order valence-corrected chi connectivity index (χ0v) is 28.1. The van der Waals surface area contributed by atoms with Crippen molar-refractivity contribution >= 4 is 17.8 Å². The number of amides is 2. The molecule has 6 aliphatic rings. The van der Waals surface area contributed by atoms with E-state index in [1.54, 1.807) is 0 Å². The van der Waals surface area contributed by atoms with Crippen LogP contribution in [0.4, 0.5) is 4.79 Å². The van der Waals surface area contributed by atoms with Crippen molar-refractivity contribution in [3.05, 3.63) is 11.6 Å². The molecule has 0 aromatic heterocycles. The molecule has 5 aliphatic carbocycles. The van der Waals surface area contributed by atoms with Gasteiger partial charge in [0.25, 0.3) is 0 Å². The number of urea groups is 1. The van der Waals surface area contributed by atoms with Crippen molar-refractivity contribution in [2.45, 2.75) is 112 Å². The van der Waals surface area contributed by atoms with Crippen molar-refractivity contribution in [1.29, 1.82) is 0 Å². The number of hydrogen-bond donors (Lipinski definition) is 1. The monoisotopic (exact) mass is 596 g/mol. The molecule has 1 N–H and O–H groups in total. The summed E-state index contributed by atoms with van der Waals surface area (Å²) in [6.45, 7) is 18.9. The van der Waals surface area contributed by atoms with Crippen LogP contribution in [-0.4, -0.2) is 62.1 Å². The third kappa shape index (κ3) is 4.32. The first kappa shape index (κ1) is 31.1. The number of nitrogens with one attached hydrogen (secondary N) is 1. The second-order valence-corrected chi connectivity index (χ2v) is 17.2. The summed E-state index contributed by atoms with van der Waals surface area (Å²) in [5.41, 5.74) is 0.459. The van der Waals surface area contributed by atoms with Crippen LogP contribution in [0.3, 0.4) is 0 Å². The number of ketones is 1. The molecule has 6 rings (SSSR count). The highest BCUT2D eigenvalue weighted by Gasteiger charge is 2.70. The molecule has 2 amide bonds. The minimum Gasteiger partial charge on any atom is -0.469 e. The summed E-state index contributed by atoms with van der Waals surface area (Å²) >= 11 is 0. The molecule has 9 atom stereocenters. The molecule has 43 heavy (non-hydrogen) atoms. The average molecular weight is 597 g/mol. The number of rotatable bonds is 2. The lowest BCUT2D eigenvalue weighted by Gasteiger charge is -2.70. The zero-order valence-electron chi connectivity index (χ0n) is 28.1. The molecule has 1 aliphatic heterocycles. The van der Waals surface area contributed by atoms with Crippen LogP contribution in [-0.2, 0) is 19.1 Å². The Bertz CT molecular complexity index is 1220. The quantitative estimate of drug-likeness (QED) is 0.366. The van der Waals surface area contributed by atoms with E-state index in [1.807, 2.05) is 4.90 Å². The summed E-state index contributed by atoms with van der Waals surface area (Å²) in [5, 5.41) is 3.43. The van der Waals surface area contributed by atoms with Gasteiger partial charge in [-0.3, -0.25) is 9.59 Å². The number of morpholine rings is 1. The fraction of sp³-hybridized carbons (Fsp3) is 0.861. The second kappa shape index (κ2) is 10.1. The molecule has 5 fully saturated rings. The van der Waals surface area contributed by atoms with Crippen molar-refractivity contribution in [1.82, 2.24) is 10.2 Å². The van der Waals surface area contributed by atoms with E-state index in [4.69, 9.17) is 9.47 Å². The number of hydrogen-bond acceptors (Lipinski definition) is 5. The van der Waals surface area contributed by atoms with Gasteiger partial charge in [-0.25, -0.2) is 4.79 Å². The highest BCUT2D eigenvalue weighted by atomic mass is 16.5. The minimum absolute atomic E-state index is 0.0242. The standard InChI is InChI=1S/C36H56N2O5/c1-31(2)26-9-12-36(7)28(34(26,5)11-10-27(31)37-30(41)38-17-19-43-20-18-38)25(39)21-23-24-22-33(4,29(40)42-8)14-13-32(24,3)15-16-35(23,36)6/h21,24,26-28H,9-20,22H2,1-8H3,(H,37,41)/t24-,26-,27+,28+,32-,33+,34+,35-,36+/m0/s1. The number of carbonyl (C=O) groups excluding carboxylic acids is 3. The van der Waals surface area contributed by atoms with Crippen molar-refractivity contribution in [3.8, 4) is 0 Å².